The van der Waals surface area contributed by atoms with E-state index < -0.39 is 5.60 Å². The highest BCUT2D eigenvalue weighted by Crippen LogP contribution is 2.15. The van der Waals surface area contributed by atoms with E-state index in [-0.39, 0.29) is 31.0 Å². The van der Waals surface area contributed by atoms with Crippen molar-refractivity contribution >= 4 is 11.9 Å². The molecule has 8 heteroatoms. The highest BCUT2D eigenvalue weighted by molar-refractivity contribution is 5.70. The summed E-state index contributed by atoms with van der Waals surface area (Å²) in [7, 11) is 0. The summed E-state index contributed by atoms with van der Waals surface area (Å²) in [6.07, 6.45) is 3.73. The van der Waals surface area contributed by atoms with Gasteiger partial charge in [-0.05, 0) is 46.6 Å². The van der Waals surface area contributed by atoms with Gasteiger partial charge in [-0.3, -0.25) is 4.79 Å². The molecule has 0 aliphatic rings. The predicted molar refractivity (Wildman–Crippen MR) is 98.6 cm³/mol. The van der Waals surface area contributed by atoms with Crippen LogP contribution in [0.4, 0.5) is 10.3 Å². The van der Waals surface area contributed by atoms with Crippen LogP contribution >= 0.6 is 0 Å². The second kappa shape index (κ2) is 9.47. The number of aromatic nitrogens is 2. The third-order valence-electron chi connectivity index (χ3n) is 2.98. The molecule has 0 amide bonds. The van der Waals surface area contributed by atoms with Gasteiger partial charge in [0, 0.05) is 18.5 Å². The van der Waals surface area contributed by atoms with E-state index in [1.54, 1.807) is 20.8 Å². The fraction of sp³-hybridized carbons (Fsp3) is 0.611. The molecule has 0 saturated heterocycles. The summed E-state index contributed by atoms with van der Waals surface area (Å²) in [4.78, 5) is 19.9. The summed E-state index contributed by atoms with van der Waals surface area (Å²) in [6.45, 7) is 9.66. The smallest absolute Gasteiger partial charge is 0.306 e. The summed E-state index contributed by atoms with van der Waals surface area (Å²) >= 11 is 0. The highest BCUT2D eigenvalue weighted by Gasteiger charge is 2.16. The van der Waals surface area contributed by atoms with Crippen molar-refractivity contribution in [3.8, 4) is 5.75 Å². The van der Waals surface area contributed by atoms with Crippen molar-refractivity contribution in [3.63, 3.8) is 0 Å². The Bertz CT molecular complexity index is 604. The Hall–Kier alpha value is -2.22. The molecule has 0 aromatic carbocycles. The van der Waals surface area contributed by atoms with E-state index >= 15 is 0 Å². The molecule has 1 aromatic heterocycles. The van der Waals surface area contributed by atoms with E-state index in [1.807, 2.05) is 13.8 Å². The quantitative estimate of drug-likeness (QED) is 0.646. The molecule has 0 saturated carbocycles. The second-order valence-electron chi connectivity index (χ2n) is 7.73. The number of nitrogens with one attached hydrogen (secondary N) is 1. The van der Waals surface area contributed by atoms with Gasteiger partial charge in [0.05, 0.1) is 18.7 Å². The number of nitrogens with two attached hydrogens (primary N) is 1. The maximum absolute atomic E-state index is 13.0. The van der Waals surface area contributed by atoms with E-state index in [1.165, 1.54) is 12.4 Å². The zero-order valence-electron chi connectivity index (χ0n) is 16.1. The predicted octanol–water partition coefficient (Wildman–Crippen LogP) is 2.98. The lowest BCUT2D eigenvalue weighted by Gasteiger charge is -2.19. The zero-order chi connectivity index (χ0) is 19.8. The lowest BCUT2D eigenvalue weighted by atomic mass is 10.1. The Morgan fingerprint density at radius 2 is 1.85 bits per heavy atom. The fourth-order valence-corrected chi connectivity index (χ4v) is 1.78. The number of hydrogen-bond acceptors (Lipinski definition) is 7. The monoisotopic (exact) mass is 368 g/mol. The summed E-state index contributed by atoms with van der Waals surface area (Å²) in [6, 6.07) is 0. The third-order valence-corrected chi connectivity index (χ3v) is 2.98. The van der Waals surface area contributed by atoms with Crippen LogP contribution in [0.25, 0.3) is 0 Å². The van der Waals surface area contributed by atoms with Crippen LogP contribution in [0.3, 0.4) is 0 Å². The van der Waals surface area contributed by atoms with Crippen molar-refractivity contribution in [2.24, 2.45) is 5.73 Å². The number of hydrogen-bond donors (Lipinski definition) is 2. The number of carbonyl (C=O) groups excluding carboxylic acids is 1. The van der Waals surface area contributed by atoms with Crippen molar-refractivity contribution in [1.82, 2.24) is 9.97 Å². The average molecular weight is 368 g/mol. The number of rotatable bonds is 9. The molecule has 0 radical (unpaired) electrons. The Kier molecular flexibility index (Phi) is 7.95. The molecule has 26 heavy (non-hydrogen) atoms. The minimum atomic E-state index is -0.556. The van der Waals surface area contributed by atoms with Crippen LogP contribution in [0.1, 0.15) is 47.5 Å². The van der Waals surface area contributed by atoms with Gasteiger partial charge in [0.15, 0.2) is 5.75 Å². The summed E-state index contributed by atoms with van der Waals surface area (Å²) in [5, 5.41) is 3.01. The number of nitrogens with zero attached hydrogens (tertiary/aromatic N) is 2. The first-order chi connectivity index (χ1) is 12.0. The van der Waals surface area contributed by atoms with Gasteiger partial charge in [0.2, 0.25) is 5.95 Å². The van der Waals surface area contributed by atoms with Crippen molar-refractivity contribution in [1.29, 1.82) is 0 Å². The van der Waals surface area contributed by atoms with E-state index in [9.17, 15) is 9.18 Å². The molecule has 0 unspecified atom stereocenters. The lowest BCUT2D eigenvalue weighted by molar-refractivity contribution is -0.154. The van der Waals surface area contributed by atoms with Gasteiger partial charge in [0.25, 0.3) is 0 Å². The van der Waals surface area contributed by atoms with Gasteiger partial charge < -0.3 is 20.5 Å². The minimum Gasteiger partial charge on any atom is -0.486 e. The van der Waals surface area contributed by atoms with Gasteiger partial charge >= 0.3 is 5.97 Å². The molecule has 0 atom stereocenters. The van der Waals surface area contributed by atoms with Crippen LogP contribution in [-0.4, -0.2) is 40.2 Å². The normalized spacial score (nSPS) is 12.7. The molecule has 0 aliphatic carbocycles. The first-order valence-electron chi connectivity index (χ1n) is 8.46. The molecule has 7 nitrogen and oxygen atoms in total. The average Bonchev–Trinajstić information content (AvgIpc) is 2.51. The fourth-order valence-electron chi connectivity index (χ4n) is 1.78. The molecule has 0 bridgehead atoms. The summed E-state index contributed by atoms with van der Waals surface area (Å²) in [5.41, 5.74) is 5.29. The maximum atomic E-state index is 13.0. The van der Waals surface area contributed by atoms with Crippen molar-refractivity contribution in [2.45, 2.75) is 58.6 Å². The third kappa shape index (κ3) is 9.93. The van der Waals surface area contributed by atoms with Crippen LogP contribution in [-0.2, 0) is 9.53 Å². The molecule has 1 rings (SSSR count). The zero-order valence-corrected chi connectivity index (χ0v) is 16.1. The Morgan fingerprint density at radius 3 is 2.35 bits per heavy atom. The Morgan fingerprint density at radius 1 is 1.23 bits per heavy atom. The number of halogens is 1. The number of carbonyl (C=O) groups is 1. The lowest BCUT2D eigenvalue weighted by Crippen LogP contribution is -2.39. The number of anilines is 1. The van der Waals surface area contributed by atoms with Crippen LogP contribution in [0, 0.1) is 0 Å². The topological polar surface area (TPSA) is 99.4 Å². The van der Waals surface area contributed by atoms with E-state index in [4.69, 9.17) is 15.2 Å². The van der Waals surface area contributed by atoms with E-state index in [0.717, 1.165) is 0 Å². The van der Waals surface area contributed by atoms with Gasteiger partial charge in [-0.2, -0.15) is 0 Å². The molecule has 146 valence electrons. The van der Waals surface area contributed by atoms with Crippen LogP contribution in [0.15, 0.2) is 24.3 Å². The van der Waals surface area contributed by atoms with Gasteiger partial charge in [0.1, 0.15) is 12.2 Å². The summed E-state index contributed by atoms with van der Waals surface area (Å²) in [5.74, 6) is 0.458. The van der Waals surface area contributed by atoms with Gasteiger partial charge in [-0.1, -0.05) is 0 Å². The first kappa shape index (κ1) is 21.8. The first-order valence-corrected chi connectivity index (χ1v) is 8.46. The van der Waals surface area contributed by atoms with Crippen LogP contribution < -0.4 is 15.8 Å². The molecule has 3 N–H and O–H groups in total. The second-order valence-corrected chi connectivity index (χ2v) is 7.73. The Labute approximate surface area is 154 Å². The van der Waals surface area contributed by atoms with Crippen molar-refractivity contribution in [3.05, 3.63) is 24.3 Å². The standard InChI is InChI=1S/C18H29FN4O3/c1-17(2,3)26-15(24)7-6-13(8-19)11-25-14-9-21-16(22-10-14)23-12-18(4,5)20/h8-10H,6-7,11-12,20H2,1-5H3,(H,21,22,23)/b13-8+. The van der Waals surface area contributed by atoms with Crippen LogP contribution in [0.5, 0.6) is 5.75 Å². The maximum Gasteiger partial charge on any atom is 0.306 e. The number of esters is 1. The number of ether oxygens (including phenoxy) is 2. The SMILES string of the molecule is CC(C)(N)CNc1ncc(OC/C(=C/F)CCC(=O)OC(C)(C)C)cn1. The molecular weight excluding hydrogens is 339 g/mol. The van der Waals surface area contributed by atoms with Gasteiger partial charge in [-0.15, -0.1) is 0 Å². The van der Waals surface area contributed by atoms with E-state index in [2.05, 4.69) is 15.3 Å². The van der Waals surface area contributed by atoms with Crippen molar-refractivity contribution < 1.29 is 18.7 Å². The molecule has 0 aliphatic heterocycles. The molecular formula is C18H29FN4O3. The highest BCUT2D eigenvalue weighted by atomic mass is 19.1. The molecule has 0 fully saturated rings. The largest absolute Gasteiger partial charge is 0.486 e. The molecule has 1 aromatic rings. The summed E-state index contributed by atoms with van der Waals surface area (Å²) < 4.78 is 23.6. The minimum absolute atomic E-state index is 0.00522. The molecule has 1 heterocycles. The molecule has 0 spiro atoms. The van der Waals surface area contributed by atoms with Gasteiger partial charge in [-0.25, -0.2) is 14.4 Å². The van der Waals surface area contributed by atoms with E-state index in [0.29, 0.717) is 30.1 Å². The Balaban J connectivity index is 2.43. The van der Waals surface area contributed by atoms with Crippen LogP contribution in [0.2, 0.25) is 0 Å². The van der Waals surface area contributed by atoms with Crippen molar-refractivity contribution in [2.75, 3.05) is 18.5 Å².